The van der Waals surface area contributed by atoms with Gasteiger partial charge in [0.05, 0.1) is 17.7 Å². The van der Waals surface area contributed by atoms with Crippen LogP contribution in [0, 0.1) is 6.92 Å². The highest BCUT2D eigenvalue weighted by Crippen LogP contribution is 2.28. The minimum atomic E-state index is -4.13. The Morgan fingerprint density at radius 2 is 1.67 bits per heavy atom. The number of rotatable bonds is 12. The molecule has 8 nitrogen and oxygen atoms in total. The molecule has 0 bridgehead atoms. The zero-order chi connectivity index (χ0) is 30.1. The largest absolute Gasteiger partial charge is 0.497 e. The fourth-order valence-corrected chi connectivity index (χ4v) is 6.91. The van der Waals surface area contributed by atoms with Crippen molar-refractivity contribution >= 4 is 27.5 Å². The lowest BCUT2D eigenvalue weighted by Crippen LogP contribution is -2.54. The molecular formula is C33H41N3O5S. The number of carbonyl (C=O) groups is 2. The summed E-state index contributed by atoms with van der Waals surface area (Å²) in [5.41, 5.74) is 2.19. The lowest BCUT2D eigenvalue weighted by atomic mass is 9.95. The number of carbonyl (C=O) groups excluding carboxylic acids is 2. The molecule has 3 aromatic rings. The predicted molar refractivity (Wildman–Crippen MR) is 165 cm³/mol. The fourth-order valence-electron chi connectivity index (χ4n) is 5.49. The number of anilines is 1. The molecule has 0 aliphatic heterocycles. The molecule has 2 amide bonds. The first-order valence-corrected chi connectivity index (χ1v) is 16.0. The van der Waals surface area contributed by atoms with Crippen molar-refractivity contribution < 1.29 is 22.7 Å². The van der Waals surface area contributed by atoms with E-state index in [1.807, 2.05) is 38.1 Å². The minimum absolute atomic E-state index is 0.0629. The maximum absolute atomic E-state index is 14.3. The van der Waals surface area contributed by atoms with Gasteiger partial charge >= 0.3 is 0 Å². The molecular weight excluding hydrogens is 550 g/mol. The third kappa shape index (κ3) is 7.70. The topological polar surface area (TPSA) is 96.0 Å². The van der Waals surface area contributed by atoms with E-state index in [1.54, 1.807) is 42.5 Å². The summed E-state index contributed by atoms with van der Waals surface area (Å²) in [4.78, 5) is 29.5. The van der Waals surface area contributed by atoms with Gasteiger partial charge in [-0.2, -0.15) is 0 Å². The van der Waals surface area contributed by atoms with Gasteiger partial charge in [0, 0.05) is 18.7 Å². The van der Waals surface area contributed by atoms with Crippen LogP contribution in [0.1, 0.15) is 56.6 Å². The van der Waals surface area contributed by atoms with Gasteiger partial charge in [-0.3, -0.25) is 13.9 Å². The quantitative estimate of drug-likeness (QED) is 0.302. The van der Waals surface area contributed by atoms with Crippen molar-refractivity contribution in [1.82, 2.24) is 10.2 Å². The van der Waals surface area contributed by atoms with Crippen molar-refractivity contribution in [3.8, 4) is 5.75 Å². The molecule has 4 rings (SSSR count). The molecule has 0 aromatic heterocycles. The number of amides is 2. The van der Waals surface area contributed by atoms with Gasteiger partial charge in [-0.1, -0.05) is 80.3 Å². The molecule has 1 aliphatic carbocycles. The molecule has 0 radical (unpaired) electrons. The summed E-state index contributed by atoms with van der Waals surface area (Å²) in [6.07, 6.45) is 5.54. The Bertz CT molecular complexity index is 1460. The number of nitrogens with one attached hydrogen (secondary N) is 1. The Hall–Kier alpha value is -3.85. The third-order valence-corrected chi connectivity index (χ3v) is 9.51. The van der Waals surface area contributed by atoms with Gasteiger partial charge in [0.15, 0.2) is 0 Å². The van der Waals surface area contributed by atoms with Gasteiger partial charge in [-0.05, 0) is 56.0 Å². The van der Waals surface area contributed by atoms with Crippen LogP contribution in [0.15, 0.2) is 83.8 Å². The van der Waals surface area contributed by atoms with Crippen molar-refractivity contribution in [2.75, 3.05) is 18.0 Å². The predicted octanol–water partition coefficient (Wildman–Crippen LogP) is 5.46. The van der Waals surface area contributed by atoms with Crippen LogP contribution in [0.25, 0.3) is 0 Å². The van der Waals surface area contributed by atoms with Crippen LogP contribution >= 0.6 is 0 Å². The number of nitrogens with zero attached hydrogens (tertiary/aromatic N) is 2. The molecule has 1 saturated carbocycles. The molecule has 1 N–H and O–H groups in total. The number of aryl methyl sites for hydroxylation is 1. The smallest absolute Gasteiger partial charge is 0.264 e. The Morgan fingerprint density at radius 1 is 0.952 bits per heavy atom. The van der Waals surface area contributed by atoms with E-state index in [2.05, 4.69) is 5.32 Å². The van der Waals surface area contributed by atoms with Crippen molar-refractivity contribution in [1.29, 1.82) is 0 Å². The SMILES string of the molecule is CC[C@@H](C(=O)NC1CCCCC1)N(Cc1cccc(C)c1)C(=O)CN(c1cccc(OC)c1)S(=O)(=O)c1ccccc1. The molecule has 42 heavy (non-hydrogen) atoms. The molecule has 0 spiro atoms. The number of methoxy groups -OCH3 is 1. The summed E-state index contributed by atoms with van der Waals surface area (Å²) in [7, 11) is -2.63. The van der Waals surface area contributed by atoms with Gasteiger partial charge in [0.2, 0.25) is 11.8 Å². The van der Waals surface area contributed by atoms with Crippen LogP contribution in [0.5, 0.6) is 5.75 Å². The highest BCUT2D eigenvalue weighted by molar-refractivity contribution is 7.92. The Kier molecular flexibility index (Phi) is 10.6. The number of hydrogen-bond donors (Lipinski definition) is 1. The van der Waals surface area contributed by atoms with Gasteiger partial charge in [-0.15, -0.1) is 0 Å². The van der Waals surface area contributed by atoms with E-state index in [1.165, 1.54) is 24.1 Å². The van der Waals surface area contributed by atoms with E-state index in [-0.39, 0.29) is 23.4 Å². The molecule has 0 saturated heterocycles. The van der Waals surface area contributed by atoms with Gasteiger partial charge in [0.25, 0.3) is 10.0 Å². The van der Waals surface area contributed by atoms with E-state index >= 15 is 0 Å². The fraction of sp³-hybridized carbons (Fsp3) is 0.394. The van der Waals surface area contributed by atoms with Crippen LogP contribution in [-0.2, 0) is 26.2 Å². The second-order valence-corrected chi connectivity index (χ2v) is 12.7. The van der Waals surface area contributed by atoms with Crippen molar-refractivity contribution in [3.05, 3.63) is 90.0 Å². The number of benzene rings is 3. The molecule has 3 aromatic carbocycles. The highest BCUT2D eigenvalue weighted by atomic mass is 32.2. The van der Waals surface area contributed by atoms with Gasteiger partial charge < -0.3 is 15.0 Å². The van der Waals surface area contributed by atoms with Crippen LogP contribution in [0.2, 0.25) is 0 Å². The average Bonchev–Trinajstić information content (AvgIpc) is 3.00. The summed E-state index contributed by atoms with van der Waals surface area (Å²) in [5, 5.41) is 3.18. The van der Waals surface area contributed by atoms with Crippen LogP contribution in [-0.4, -0.2) is 50.9 Å². The summed E-state index contributed by atoms with van der Waals surface area (Å²) in [6, 6.07) is 21.8. The zero-order valence-electron chi connectivity index (χ0n) is 24.7. The zero-order valence-corrected chi connectivity index (χ0v) is 25.5. The van der Waals surface area contributed by atoms with Crippen molar-refractivity contribution in [2.45, 2.75) is 75.9 Å². The standard InChI is InChI=1S/C33H41N3O5S/c1-4-31(33(38)34-27-15-7-5-8-16-27)35(23-26-14-11-13-25(2)21-26)32(37)24-36(28-17-12-18-29(22-28)41-3)42(39,40)30-19-9-6-10-20-30/h6,9-14,17-22,27,31H,4-5,7-8,15-16,23-24H2,1-3H3,(H,34,38)/t31-/m0/s1. The lowest BCUT2D eigenvalue weighted by molar-refractivity contribution is -0.140. The normalized spacial score (nSPS) is 14.5. The first-order chi connectivity index (χ1) is 20.2. The van der Waals surface area contributed by atoms with Crippen molar-refractivity contribution in [3.63, 3.8) is 0 Å². The molecule has 9 heteroatoms. The third-order valence-electron chi connectivity index (χ3n) is 7.72. The molecule has 1 aliphatic rings. The first kappa shape index (κ1) is 31.1. The highest BCUT2D eigenvalue weighted by Gasteiger charge is 2.34. The van der Waals surface area contributed by atoms with Crippen LogP contribution in [0.3, 0.4) is 0 Å². The van der Waals surface area contributed by atoms with E-state index < -0.39 is 28.5 Å². The maximum Gasteiger partial charge on any atom is 0.264 e. The van der Waals surface area contributed by atoms with E-state index in [0.29, 0.717) is 17.9 Å². The Labute approximate surface area is 249 Å². The summed E-state index contributed by atoms with van der Waals surface area (Å²) in [6.45, 7) is 3.54. The summed E-state index contributed by atoms with van der Waals surface area (Å²) < 4.78 is 34.4. The molecule has 0 heterocycles. The molecule has 0 unspecified atom stereocenters. The van der Waals surface area contributed by atoms with Gasteiger partial charge in [-0.25, -0.2) is 8.42 Å². The Morgan fingerprint density at radius 3 is 2.33 bits per heavy atom. The monoisotopic (exact) mass is 591 g/mol. The summed E-state index contributed by atoms with van der Waals surface area (Å²) >= 11 is 0. The van der Waals surface area contributed by atoms with E-state index in [0.717, 1.165) is 47.5 Å². The van der Waals surface area contributed by atoms with E-state index in [4.69, 9.17) is 4.74 Å². The number of sulfonamides is 1. The summed E-state index contributed by atoms with van der Waals surface area (Å²) in [5.74, 6) is -0.211. The molecule has 1 atom stereocenters. The maximum atomic E-state index is 14.3. The molecule has 224 valence electrons. The number of hydrogen-bond acceptors (Lipinski definition) is 5. The van der Waals surface area contributed by atoms with Crippen molar-refractivity contribution in [2.24, 2.45) is 0 Å². The second kappa shape index (κ2) is 14.4. The minimum Gasteiger partial charge on any atom is -0.497 e. The Balaban J connectivity index is 1.71. The van der Waals surface area contributed by atoms with Gasteiger partial charge in [0.1, 0.15) is 18.3 Å². The average molecular weight is 592 g/mol. The van der Waals surface area contributed by atoms with Crippen LogP contribution < -0.4 is 14.4 Å². The first-order valence-electron chi connectivity index (χ1n) is 14.6. The second-order valence-electron chi connectivity index (χ2n) is 10.8. The molecule has 1 fully saturated rings. The number of ether oxygens (including phenoxy) is 1. The van der Waals surface area contributed by atoms with Crippen LogP contribution in [0.4, 0.5) is 5.69 Å². The van der Waals surface area contributed by atoms with E-state index in [9.17, 15) is 18.0 Å². The lowest BCUT2D eigenvalue weighted by Gasteiger charge is -2.34.